The number of methoxy groups -OCH3 is 1. The summed E-state index contributed by atoms with van der Waals surface area (Å²) < 4.78 is 4.46. The van der Waals surface area contributed by atoms with E-state index in [4.69, 9.17) is 5.90 Å². The van der Waals surface area contributed by atoms with Gasteiger partial charge in [-0.1, -0.05) is 13.8 Å². The van der Waals surface area contributed by atoms with E-state index in [1.807, 2.05) is 13.8 Å². The summed E-state index contributed by atoms with van der Waals surface area (Å²) in [4.78, 5) is 15.3. The van der Waals surface area contributed by atoms with E-state index < -0.39 is 12.1 Å². The quantitative estimate of drug-likeness (QED) is 0.537. The van der Waals surface area contributed by atoms with E-state index in [-0.39, 0.29) is 12.4 Å². The number of carbonyl (C=O) groups excluding carboxylic acids is 1. The monoisotopic (exact) mass is 197 g/mol. The Hall–Kier alpha value is -0.320. The number of rotatable bonds is 4. The van der Waals surface area contributed by atoms with E-state index in [1.165, 1.54) is 7.11 Å². The highest BCUT2D eigenvalue weighted by Crippen LogP contribution is 2.07. The molecule has 0 amide bonds. The minimum atomic E-state index is -0.625. The fourth-order valence-electron chi connectivity index (χ4n) is 0.767. The lowest BCUT2D eigenvalue weighted by molar-refractivity contribution is -0.155. The fraction of sp³-hybridized carbons (Fsp3) is 0.857. The third-order valence-electron chi connectivity index (χ3n) is 1.31. The van der Waals surface area contributed by atoms with Gasteiger partial charge in [0.25, 0.3) is 0 Å². The highest BCUT2D eigenvalue weighted by molar-refractivity contribution is 5.85. The van der Waals surface area contributed by atoms with Gasteiger partial charge in [-0.05, 0) is 12.3 Å². The molecule has 5 heteroatoms. The molecule has 0 aliphatic rings. The van der Waals surface area contributed by atoms with Gasteiger partial charge in [-0.15, -0.1) is 12.4 Å². The average Bonchev–Trinajstić information content (AvgIpc) is 1.98. The molecule has 0 aromatic rings. The average molecular weight is 198 g/mol. The first-order valence-electron chi connectivity index (χ1n) is 3.55. The third kappa shape index (κ3) is 5.35. The van der Waals surface area contributed by atoms with Crippen molar-refractivity contribution >= 4 is 18.4 Å². The van der Waals surface area contributed by atoms with Crippen molar-refractivity contribution in [2.45, 2.75) is 26.4 Å². The Labute approximate surface area is 78.8 Å². The molecule has 0 heterocycles. The number of esters is 1. The van der Waals surface area contributed by atoms with Crippen molar-refractivity contribution in [3.05, 3.63) is 0 Å². The molecule has 0 saturated heterocycles. The molecular weight excluding hydrogens is 182 g/mol. The Morgan fingerprint density at radius 1 is 1.50 bits per heavy atom. The van der Waals surface area contributed by atoms with E-state index in [1.54, 1.807) is 0 Å². The van der Waals surface area contributed by atoms with E-state index in [9.17, 15) is 4.79 Å². The Morgan fingerprint density at radius 2 is 2.00 bits per heavy atom. The predicted octanol–water partition coefficient (Wildman–Crippen LogP) is 0.886. The molecule has 0 bridgehead atoms. The van der Waals surface area contributed by atoms with Gasteiger partial charge in [-0.3, -0.25) is 4.84 Å². The second-order valence-electron chi connectivity index (χ2n) is 2.78. The number of ether oxygens (including phenoxy) is 1. The minimum Gasteiger partial charge on any atom is -0.467 e. The van der Waals surface area contributed by atoms with Gasteiger partial charge in [0.1, 0.15) is 0 Å². The van der Waals surface area contributed by atoms with Crippen molar-refractivity contribution in [3.8, 4) is 0 Å². The number of hydrogen-bond acceptors (Lipinski definition) is 4. The van der Waals surface area contributed by atoms with Crippen LogP contribution in [-0.4, -0.2) is 19.2 Å². The third-order valence-corrected chi connectivity index (χ3v) is 1.31. The lowest BCUT2D eigenvalue weighted by Crippen LogP contribution is -2.29. The molecule has 0 fully saturated rings. The van der Waals surface area contributed by atoms with E-state index >= 15 is 0 Å². The number of hydrogen-bond donors (Lipinski definition) is 1. The molecule has 0 spiro atoms. The van der Waals surface area contributed by atoms with Gasteiger partial charge in [0.2, 0.25) is 0 Å². The molecule has 0 saturated carbocycles. The van der Waals surface area contributed by atoms with Crippen LogP contribution in [0.15, 0.2) is 0 Å². The molecule has 0 aliphatic carbocycles. The van der Waals surface area contributed by atoms with Crippen LogP contribution in [-0.2, 0) is 14.4 Å². The van der Waals surface area contributed by atoms with Gasteiger partial charge in [0, 0.05) is 0 Å². The van der Waals surface area contributed by atoms with Crippen LogP contribution in [0.2, 0.25) is 0 Å². The van der Waals surface area contributed by atoms with Crippen LogP contribution in [0.4, 0.5) is 0 Å². The molecule has 12 heavy (non-hydrogen) atoms. The standard InChI is InChI=1S/C7H15NO3.ClH/c1-5(2)4-6(11-8)7(9)10-3;/h5-6H,4,8H2,1-3H3;1H. The van der Waals surface area contributed by atoms with E-state index in [0.717, 1.165) is 0 Å². The summed E-state index contributed by atoms with van der Waals surface area (Å²) in [5.41, 5.74) is 0. The maximum absolute atomic E-state index is 10.9. The Kier molecular flexibility index (Phi) is 8.69. The number of nitrogens with two attached hydrogens (primary N) is 1. The SMILES string of the molecule is COC(=O)C(CC(C)C)ON.Cl. The van der Waals surface area contributed by atoms with Crippen LogP contribution in [0.25, 0.3) is 0 Å². The molecule has 0 aliphatic heterocycles. The molecule has 74 valence electrons. The van der Waals surface area contributed by atoms with Gasteiger partial charge in [0.05, 0.1) is 7.11 Å². The van der Waals surface area contributed by atoms with Gasteiger partial charge >= 0.3 is 5.97 Å². The zero-order valence-corrected chi connectivity index (χ0v) is 8.39. The second kappa shape index (κ2) is 7.34. The predicted molar refractivity (Wildman–Crippen MR) is 47.8 cm³/mol. The number of carbonyl (C=O) groups is 1. The molecule has 0 rings (SSSR count). The maximum atomic E-state index is 10.9. The first-order chi connectivity index (χ1) is 5.11. The van der Waals surface area contributed by atoms with E-state index in [0.29, 0.717) is 12.3 Å². The Morgan fingerprint density at radius 3 is 2.25 bits per heavy atom. The van der Waals surface area contributed by atoms with Crippen molar-refractivity contribution in [2.24, 2.45) is 11.8 Å². The summed E-state index contributed by atoms with van der Waals surface area (Å²) in [5, 5.41) is 0. The topological polar surface area (TPSA) is 61.5 Å². The van der Waals surface area contributed by atoms with Crippen molar-refractivity contribution in [2.75, 3.05) is 7.11 Å². The van der Waals surface area contributed by atoms with Gasteiger partial charge < -0.3 is 4.74 Å². The van der Waals surface area contributed by atoms with Gasteiger partial charge in [-0.2, -0.15) is 0 Å². The summed E-state index contributed by atoms with van der Waals surface area (Å²) in [6, 6.07) is 0. The summed E-state index contributed by atoms with van der Waals surface area (Å²) in [6.45, 7) is 3.96. The molecule has 4 nitrogen and oxygen atoms in total. The molecule has 1 atom stereocenters. The van der Waals surface area contributed by atoms with Crippen LogP contribution >= 0.6 is 12.4 Å². The van der Waals surface area contributed by atoms with E-state index in [2.05, 4.69) is 9.57 Å². The van der Waals surface area contributed by atoms with Crippen LogP contribution in [0, 0.1) is 5.92 Å². The van der Waals surface area contributed by atoms with Gasteiger partial charge in [0.15, 0.2) is 6.10 Å². The highest BCUT2D eigenvalue weighted by Gasteiger charge is 2.19. The first-order valence-corrected chi connectivity index (χ1v) is 3.55. The minimum absolute atomic E-state index is 0. The fourth-order valence-corrected chi connectivity index (χ4v) is 0.767. The molecular formula is C7H16ClNO3. The zero-order chi connectivity index (χ0) is 8.85. The molecule has 0 radical (unpaired) electrons. The summed E-state index contributed by atoms with van der Waals surface area (Å²) >= 11 is 0. The highest BCUT2D eigenvalue weighted by atomic mass is 35.5. The molecule has 1 unspecified atom stereocenters. The van der Waals surface area contributed by atoms with Crippen LogP contribution < -0.4 is 5.90 Å². The molecule has 0 aromatic carbocycles. The molecule has 2 N–H and O–H groups in total. The summed E-state index contributed by atoms with van der Waals surface area (Å²) in [7, 11) is 1.31. The largest absolute Gasteiger partial charge is 0.467 e. The zero-order valence-electron chi connectivity index (χ0n) is 7.57. The lowest BCUT2D eigenvalue weighted by atomic mass is 10.1. The van der Waals surface area contributed by atoms with Crippen molar-refractivity contribution in [1.82, 2.24) is 0 Å². The second-order valence-corrected chi connectivity index (χ2v) is 2.78. The lowest BCUT2D eigenvalue weighted by Gasteiger charge is -2.13. The smallest absolute Gasteiger partial charge is 0.337 e. The van der Waals surface area contributed by atoms with Crippen LogP contribution in [0.3, 0.4) is 0 Å². The van der Waals surface area contributed by atoms with Crippen LogP contribution in [0.5, 0.6) is 0 Å². The summed E-state index contributed by atoms with van der Waals surface area (Å²) in [6.07, 6.45) is -0.0385. The number of halogens is 1. The van der Waals surface area contributed by atoms with Crippen molar-refractivity contribution < 1.29 is 14.4 Å². The Balaban J connectivity index is 0. The summed E-state index contributed by atoms with van der Waals surface area (Å²) in [5.74, 6) is 4.84. The maximum Gasteiger partial charge on any atom is 0.337 e. The van der Waals surface area contributed by atoms with Crippen molar-refractivity contribution in [3.63, 3.8) is 0 Å². The normalized spacial score (nSPS) is 12.1. The molecule has 0 aromatic heterocycles. The first kappa shape index (κ1) is 14.2. The van der Waals surface area contributed by atoms with Crippen LogP contribution in [0.1, 0.15) is 20.3 Å². The Bertz CT molecular complexity index is 130. The van der Waals surface area contributed by atoms with Crippen molar-refractivity contribution in [1.29, 1.82) is 0 Å². The van der Waals surface area contributed by atoms with Gasteiger partial charge in [-0.25, -0.2) is 10.7 Å².